The highest BCUT2D eigenvalue weighted by Gasteiger charge is 2.21. The van der Waals surface area contributed by atoms with E-state index in [1.54, 1.807) is 11.8 Å². The minimum atomic E-state index is 0.668. The highest BCUT2D eigenvalue weighted by atomic mass is 32.2. The van der Waals surface area contributed by atoms with Crippen molar-refractivity contribution in [1.29, 1.82) is 0 Å². The Morgan fingerprint density at radius 3 is 2.71 bits per heavy atom. The molecule has 1 aliphatic carbocycles. The van der Waals surface area contributed by atoms with E-state index in [1.165, 1.54) is 4.90 Å². The van der Waals surface area contributed by atoms with Gasteiger partial charge in [0.15, 0.2) is 0 Å². The Kier molecular flexibility index (Phi) is 4.46. The molecule has 0 saturated heterocycles. The molecular formula is C17H17NO2S. The third-order valence-electron chi connectivity index (χ3n) is 3.53. The molecular weight excluding hydrogens is 282 g/mol. The fourth-order valence-corrected chi connectivity index (χ4v) is 3.29. The quantitative estimate of drug-likeness (QED) is 0.393. The number of fused-ring (bicyclic) bond motifs is 1. The summed E-state index contributed by atoms with van der Waals surface area (Å²) in [6.07, 6.45) is 1.67. The number of oxime groups is 1. The zero-order chi connectivity index (χ0) is 14.5. The lowest BCUT2D eigenvalue weighted by Gasteiger charge is -2.10. The Hall–Kier alpha value is -1.94. The molecule has 0 atom stereocenters. The van der Waals surface area contributed by atoms with Crippen LogP contribution < -0.4 is 4.74 Å². The third kappa shape index (κ3) is 3.22. The van der Waals surface area contributed by atoms with Crippen LogP contribution in [0.1, 0.15) is 17.5 Å². The molecule has 21 heavy (non-hydrogen) atoms. The van der Waals surface area contributed by atoms with E-state index in [2.05, 4.69) is 17.3 Å². The van der Waals surface area contributed by atoms with E-state index in [0.717, 1.165) is 41.2 Å². The maximum atomic E-state index is 8.99. The first kappa shape index (κ1) is 14.0. The van der Waals surface area contributed by atoms with E-state index < -0.39 is 0 Å². The largest absolute Gasteiger partial charge is 0.492 e. The molecule has 108 valence electrons. The van der Waals surface area contributed by atoms with Crippen molar-refractivity contribution < 1.29 is 9.94 Å². The molecule has 0 unspecified atom stereocenters. The van der Waals surface area contributed by atoms with E-state index in [-0.39, 0.29) is 0 Å². The van der Waals surface area contributed by atoms with Crippen molar-refractivity contribution in [1.82, 2.24) is 0 Å². The fraction of sp³-hybridized carbons (Fsp3) is 0.235. The molecule has 0 aromatic heterocycles. The second-order valence-corrected chi connectivity index (χ2v) is 6.01. The van der Waals surface area contributed by atoms with Gasteiger partial charge in [-0.2, -0.15) is 0 Å². The van der Waals surface area contributed by atoms with Gasteiger partial charge in [-0.1, -0.05) is 35.5 Å². The average molecular weight is 299 g/mol. The van der Waals surface area contributed by atoms with Crippen molar-refractivity contribution in [2.45, 2.75) is 17.7 Å². The summed E-state index contributed by atoms with van der Waals surface area (Å²) in [5.74, 6) is 1.83. The second-order valence-electron chi connectivity index (χ2n) is 4.84. The summed E-state index contributed by atoms with van der Waals surface area (Å²) < 4.78 is 5.91. The molecule has 3 rings (SSSR count). The normalized spacial score (nSPS) is 15.1. The lowest BCUT2D eigenvalue weighted by Crippen LogP contribution is -2.03. The van der Waals surface area contributed by atoms with Crippen LogP contribution in [-0.2, 0) is 6.42 Å². The Morgan fingerprint density at radius 1 is 1.05 bits per heavy atom. The molecule has 0 spiro atoms. The molecule has 0 fully saturated rings. The lowest BCUT2D eigenvalue weighted by atomic mass is 10.1. The van der Waals surface area contributed by atoms with Crippen molar-refractivity contribution in [3.63, 3.8) is 0 Å². The predicted octanol–water partition coefficient (Wildman–Crippen LogP) is 3.98. The van der Waals surface area contributed by atoms with Gasteiger partial charge in [-0.15, -0.1) is 11.8 Å². The van der Waals surface area contributed by atoms with E-state index >= 15 is 0 Å². The first-order valence-electron chi connectivity index (χ1n) is 7.02. The summed E-state index contributed by atoms with van der Waals surface area (Å²) in [4.78, 5) is 1.26. The van der Waals surface area contributed by atoms with E-state index in [9.17, 15) is 0 Å². The summed E-state index contributed by atoms with van der Waals surface area (Å²) in [5.41, 5.74) is 2.94. The molecule has 0 bridgehead atoms. The van der Waals surface area contributed by atoms with Crippen molar-refractivity contribution in [3.8, 4) is 5.75 Å². The molecule has 1 aliphatic rings. The second kappa shape index (κ2) is 6.68. The van der Waals surface area contributed by atoms with Gasteiger partial charge in [-0.25, -0.2) is 0 Å². The van der Waals surface area contributed by atoms with Crippen LogP contribution in [0, 0.1) is 0 Å². The van der Waals surface area contributed by atoms with Gasteiger partial charge in [-0.3, -0.25) is 0 Å². The van der Waals surface area contributed by atoms with Crippen LogP contribution in [-0.4, -0.2) is 23.3 Å². The van der Waals surface area contributed by atoms with Crippen LogP contribution in [0.15, 0.2) is 58.6 Å². The minimum absolute atomic E-state index is 0.668. The topological polar surface area (TPSA) is 41.8 Å². The van der Waals surface area contributed by atoms with Crippen LogP contribution in [0.4, 0.5) is 0 Å². The zero-order valence-corrected chi connectivity index (χ0v) is 12.5. The first-order valence-corrected chi connectivity index (χ1v) is 8.01. The molecule has 0 radical (unpaired) electrons. The van der Waals surface area contributed by atoms with Gasteiger partial charge in [0.05, 0.1) is 12.3 Å². The molecule has 3 nitrogen and oxygen atoms in total. The molecule has 2 aromatic carbocycles. The summed E-state index contributed by atoms with van der Waals surface area (Å²) in [5, 5.41) is 12.4. The molecule has 0 aliphatic heterocycles. The van der Waals surface area contributed by atoms with Crippen molar-refractivity contribution >= 4 is 17.5 Å². The number of ether oxygens (including phenoxy) is 1. The number of rotatable bonds is 5. The van der Waals surface area contributed by atoms with Crippen LogP contribution >= 0.6 is 11.8 Å². The summed E-state index contributed by atoms with van der Waals surface area (Å²) in [6.45, 7) is 0.668. The maximum absolute atomic E-state index is 8.99. The van der Waals surface area contributed by atoms with Gasteiger partial charge >= 0.3 is 0 Å². The third-order valence-corrected chi connectivity index (χ3v) is 4.51. The highest BCUT2D eigenvalue weighted by Crippen LogP contribution is 2.31. The monoisotopic (exact) mass is 299 g/mol. The van der Waals surface area contributed by atoms with Crippen LogP contribution in [0.25, 0.3) is 0 Å². The number of hydrogen-bond donors (Lipinski definition) is 1. The van der Waals surface area contributed by atoms with E-state index in [4.69, 9.17) is 9.94 Å². The Balaban J connectivity index is 1.58. The molecule has 1 N–H and O–H groups in total. The van der Waals surface area contributed by atoms with E-state index in [0.29, 0.717) is 6.61 Å². The van der Waals surface area contributed by atoms with Gasteiger partial charge in [0, 0.05) is 21.8 Å². The number of hydrogen-bond acceptors (Lipinski definition) is 4. The van der Waals surface area contributed by atoms with Gasteiger partial charge < -0.3 is 9.94 Å². The molecule has 2 aromatic rings. The smallest absolute Gasteiger partial charge is 0.123 e. The van der Waals surface area contributed by atoms with Crippen molar-refractivity contribution in [2.24, 2.45) is 5.16 Å². The summed E-state index contributed by atoms with van der Waals surface area (Å²) >= 11 is 1.79. The molecule has 0 heterocycles. The first-order chi connectivity index (χ1) is 10.4. The number of nitrogens with zero attached hydrogens (tertiary/aromatic N) is 1. The average Bonchev–Trinajstić information content (AvgIpc) is 2.96. The van der Waals surface area contributed by atoms with Crippen molar-refractivity contribution in [3.05, 3.63) is 59.7 Å². The zero-order valence-electron chi connectivity index (χ0n) is 11.7. The van der Waals surface area contributed by atoms with E-state index in [1.807, 2.05) is 36.4 Å². The molecule has 4 heteroatoms. The van der Waals surface area contributed by atoms with Crippen LogP contribution in [0.2, 0.25) is 0 Å². The number of benzene rings is 2. The highest BCUT2D eigenvalue weighted by molar-refractivity contribution is 7.99. The van der Waals surface area contributed by atoms with Gasteiger partial charge in [0.1, 0.15) is 5.75 Å². The lowest BCUT2D eigenvalue weighted by molar-refractivity contribution is 0.318. The van der Waals surface area contributed by atoms with Gasteiger partial charge in [0.2, 0.25) is 0 Å². The fourth-order valence-electron chi connectivity index (χ4n) is 2.54. The van der Waals surface area contributed by atoms with Crippen LogP contribution in [0.3, 0.4) is 0 Å². The Morgan fingerprint density at radius 2 is 1.90 bits per heavy atom. The SMILES string of the molecule is ON=C1CCc2c(OCCSc3ccccc3)cccc21. The Bertz CT molecular complexity index is 640. The Labute approximate surface area is 128 Å². The standard InChI is InChI=1S/C17H17NO2S/c19-18-16-10-9-15-14(16)7-4-8-17(15)20-11-12-21-13-5-2-1-3-6-13/h1-8,19H,9-12H2. The predicted molar refractivity (Wildman–Crippen MR) is 85.7 cm³/mol. The maximum Gasteiger partial charge on any atom is 0.123 e. The summed E-state index contributed by atoms with van der Waals surface area (Å²) in [7, 11) is 0. The number of thioether (sulfide) groups is 1. The van der Waals surface area contributed by atoms with Crippen molar-refractivity contribution in [2.75, 3.05) is 12.4 Å². The molecule has 0 amide bonds. The molecule has 0 saturated carbocycles. The van der Waals surface area contributed by atoms with Crippen LogP contribution in [0.5, 0.6) is 5.75 Å². The van der Waals surface area contributed by atoms with Gasteiger partial charge in [-0.05, 0) is 31.0 Å². The summed E-state index contributed by atoms with van der Waals surface area (Å²) in [6, 6.07) is 16.3. The van der Waals surface area contributed by atoms with Gasteiger partial charge in [0.25, 0.3) is 0 Å². The minimum Gasteiger partial charge on any atom is -0.492 e.